The Labute approximate surface area is 156 Å². The standard InChI is InChI=1S/C20H20N4O3/c1-22-6-8-23(9-7-22)15-3-5-19-21-16(11-20(25)24(19)12-15)14-2-4-17-18(10-14)27-13-26-17/h2-5,10-12H,6-9,13H2,1H3. The van der Waals surface area contributed by atoms with Crippen LogP contribution in [0, 0.1) is 0 Å². The van der Waals surface area contributed by atoms with Crippen molar-refractivity contribution in [3.05, 3.63) is 52.9 Å². The van der Waals surface area contributed by atoms with Gasteiger partial charge in [0.1, 0.15) is 5.65 Å². The SMILES string of the molecule is CN1CCN(c2ccc3nc(-c4ccc5c(c4)OCO5)cc(=O)n3c2)CC1. The summed E-state index contributed by atoms with van der Waals surface area (Å²) in [5.74, 6) is 1.40. The number of piperazine rings is 1. The Bertz CT molecular complexity index is 1070. The molecule has 0 radical (unpaired) electrons. The second-order valence-electron chi connectivity index (χ2n) is 6.95. The van der Waals surface area contributed by atoms with Crippen molar-refractivity contribution in [2.24, 2.45) is 0 Å². The number of aromatic nitrogens is 2. The zero-order valence-corrected chi connectivity index (χ0v) is 15.1. The molecule has 2 aromatic heterocycles. The maximum atomic E-state index is 12.7. The lowest BCUT2D eigenvalue weighted by Gasteiger charge is -2.34. The molecule has 0 atom stereocenters. The van der Waals surface area contributed by atoms with E-state index in [9.17, 15) is 4.79 Å². The Morgan fingerprint density at radius 2 is 1.78 bits per heavy atom. The first-order valence-corrected chi connectivity index (χ1v) is 9.04. The molecule has 1 saturated heterocycles. The van der Waals surface area contributed by atoms with E-state index < -0.39 is 0 Å². The maximum absolute atomic E-state index is 12.7. The van der Waals surface area contributed by atoms with E-state index in [2.05, 4.69) is 21.8 Å². The molecule has 0 amide bonds. The second kappa shape index (κ2) is 6.28. The molecule has 27 heavy (non-hydrogen) atoms. The second-order valence-corrected chi connectivity index (χ2v) is 6.95. The van der Waals surface area contributed by atoms with E-state index in [0.29, 0.717) is 22.8 Å². The topological polar surface area (TPSA) is 59.3 Å². The molecule has 0 saturated carbocycles. The first-order chi connectivity index (χ1) is 13.2. The van der Waals surface area contributed by atoms with Crippen LogP contribution in [-0.2, 0) is 0 Å². The van der Waals surface area contributed by atoms with Crippen molar-refractivity contribution in [2.75, 3.05) is 44.9 Å². The normalized spacial score (nSPS) is 16.9. The van der Waals surface area contributed by atoms with Gasteiger partial charge in [0.2, 0.25) is 6.79 Å². The summed E-state index contributed by atoms with van der Waals surface area (Å²) in [7, 11) is 2.13. The Morgan fingerprint density at radius 1 is 0.963 bits per heavy atom. The maximum Gasteiger partial charge on any atom is 0.258 e. The molecule has 3 aromatic rings. The van der Waals surface area contributed by atoms with Crippen molar-refractivity contribution in [2.45, 2.75) is 0 Å². The van der Waals surface area contributed by atoms with Gasteiger partial charge in [0, 0.05) is 44.0 Å². The highest BCUT2D eigenvalue weighted by Gasteiger charge is 2.17. The van der Waals surface area contributed by atoms with Crippen molar-refractivity contribution in [3.8, 4) is 22.8 Å². The number of benzene rings is 1. The number of pyridine rings is 1. The largest absolute Gasteiger partial charge is 0.454 e. The van der Waals surface area contributed by atoms with Gasteiger partial charge >= 0.3 is 0 Å². The van der Waals surface area contributed by atoms with E-state index in [-0.39, 0.29) is 12.4 Å². The van der Waals surface area contributed by atoms with Crippen LogP contribution in [0.4, 0.5) is 5.69 Å². The number of ether oxygens (including phenoxy) is 2. The van der Waals surface area contributed by atoms with Crippen LogP contribution in [0.1, 0.15) is 0 Å². The highest BCUT2D eigenvalue weighted by atomic mass is 16.7. The molecule has 5 rings (SSSR count). The number of fused-ring (bicyclic) bond motifs is 2. The number of rotatable bonds is 2. The summed E-state index contributed by atoms with van der Waals surface area (Å²) in [4.78, 5) is 22.0. The van der Waals surface area contributed by atoms with E-state index in [1.807, 2.05) is 36.5 Å². The highest BCUT2D eigenvalue weighted by molar-refractivity contribution is 5.66. The summed E-state index contributed by atoms with van der Waals surface area (Å²) in [6, 6.07) is 11.1. The van der Waals surface area contributed by atoms with Gasteiger partial charge in [0.25, 0.3) is 5.56 Å². The predicted octanol–water partition coefficient (Wildman–Crippen LogP) is 1.84. The Kier molecular flexibility index (Phi) is 3.75. The van der Waals surface area contributed by atoms with E-state index in [0.717, 1.165) is 37.4 Å². The monoisotopic (exact) mass is 364 g/mol. The van der Waals surface area contributed by atoms with Gasteiger partial charge < -0.3 is 19.3 Å². The number of hydrogen-bond donors (Lipinski definition) is 0. The average Bonchev–Trinajstić information content (AvgIpc) is 3.16. The Balaban J connectivity index is 1.52. The van der Waals surface area contributed by atoms with Crippen LogP contribution in [-0.4, -0.2) is 54.3 Å². The molecule has 1 aromatic carbocycles. The van der Waals surface area contributed by atoms with Crippen LogP contribution in [0.5, 0.6) is 11.5 Å². The molecule has 4 heterocycles. The average molecular weight is 364 g/mol. The molecule has 2 aliphatic rings. The first-order valence-electron chi connectivity index (χ1n) is 9.04. The molecule has 0 spiro atoms. The van der Waals surface area contributed by atoms with E-state index in [1.165, 1.54) is 0 Å². The quantitative estimate of drug-likeness (QED) is 0.692. The fourth-order valence-electron chi connectivity index (χ4n) is 3.55. The molecule has 0 aliphatic carbocycles. The molecular formula is C20H20N4O3. The molecule has 7 nitrogen and oxygen atoms in total. The third-order valence-electron chi connectivity index (χ3n) is 5.18. The molecular weight excluding hydrogens is 344 g/mol. The van der Waals surface area contributed by atoms with E-state index in [1.54, 1.807) is 10.5 Å². The van der Waals surface area contributed by atoms with Crippen molar-refractivity contribution in [1.82, 2.24) is 14.3 Å². The van der Waals surface area contributed by atoms with Gasteiger partial charge in [-0.05, 0) is 37.4 Å². The smallest absolute Gasteiger partial charge is 0.258 e. The summed E-state index contributed by atoms with van der Waals surface area (Å²) in [5, 5.41) is 0. The van der Waals surface area contributed by atoms with Crippen molar-refractivity contribution in [1.29, 1.82) is 0 Å². The summed E-state index contributed by atoms with van der Waals surface area (Å²) >= 11 is 0. The molecule has 0 bridgehead atoms. The van der Waals surface area contributed by atoms with Crippen LogP contribution in [0.25, 0.3) is 16.9 Å². The predicted molar refractivity (Wildman–Crippen MR) is 103 cm³/mol. The van der Waals surface area contributed by atoms with Crippen LogP contribution < -0.4 is 19.9 Å². The van der Waals surface area contributed by atoms with Gasteiger partial charge in [-0.3, -0.25) is 9.20 Å². The summed E-state index contributed by atoms with van der Waals surface area (Å²) in [6.45, 7) is 4.18. The molecule has 7 heteroatoms. The minimum Gasteiger partial charge on any atom is -0.454 e. The molecule has 1 fully saturated rings. The molecule has 0 N–H and O–H groups in total. The van der Waals surface area contributed by atoms with Crippen LogP contribution in [0.15, 0.2) is 47.4 Å². The Hall–Kier alpha value is -3.06. The van der Waals surface area contributed by atoms with Gasteiger partial charge in [0.15, 0.2) is 11.5 Å². The highest BCUT2D eigenvalue weighted by Crippen LogP contribution is 2.35. The number of nitrogens with zero attached hydrogens (tertiary/aromatic N) is 4. The van der Waals surface area contributed by atoms with Gasteiger partial charge in [-0.15, -0.1) is 0 Å². The minimum atomic E-state index is -0.0938. The van der Waals surface area contributed by atoms with Crippen molar-refractivity contribution < 1.29 is 9.47 Å². The van der Waals surface area contributed by atoms with Crippen molar-refractivity contribution >= 4 is 11.3 Å². The minimum absolute atomic E-state index is 0.0938. The molecule has 138 valence electrons. The molecule has 2 aliphatic heterocycles. The van der Waals surface area contributed by atoms with Crippen LogP contribution in [0.3, 0.4) is 0 Å². The Morgan fingerprint density at radius 3 is 2.63 bits per heavy atom. The summed E-state index contributed by atoms with van der Waals surface area (Å²) in [5.41, 5.74) is 3.06. The third-order valence-corrected chi connectivity index (χ3v) is 5.18. The fraction of sp³-hybridized carbons (Fsp3) is 0.300. The van der Waals surface area contributed by atoms with Gasteiger partial charge in [-0.1, -0.05) is 0 Å². The van der Waals surface area contributed by atoms with Crippen LogP contribution >= 0.6 is 0 Å². The van der Waals surface area contributed by atoms with Crippen molar-refractivity contribution in [3.63, 3.8) is 0 Å². The van der Waals surface area contributed by atoms with E-state index >= 15 is 0 Å². The third kappa shape index (κ3) is 2.90. The lowest BCUT2D eigenvalue weighted by Crippen LogP contribution is -2.44. The van der Waals surface area contributed by atoms with E-state index in [4.69, 9.17) is 9.47 Å². The van der Waals surface area contributed by atoms with Gasteiger partial charge in [-0.2, -0.15) is 0 Å². The zero-order chi connectivity index (χ0) is 18.4. The molecule has 0 unspecified atom stereocenters. The lowest BCUT2D eigenvalue weighted by molar-refractivity contribution is 0.174. The first kappa shape index (κ1) is 16.1. The fourth-order valence-corrected chi connectivity index (χ4v) is 3.55. The number of anilines is 1. The number of likely N-dealkylation sites (N-methyl/N-ethyl adjacent to an activating group) is 1. The van der Waals surface area contributed by atoms with Crippen LogP contribution in [0.2, 0.25) is 0 Å². The van der Waals surface area contributed by atoms with Gasteiger partial charge in [0.05, 0.1) is 11.4 Å². The van der Waals surface area contributed by atoms with Gasteiger partial charge in [-0.25, -0.2) is 4.98 Å². The number of hydrogen-bond acceptors (Lipinski definition) is 6. The lowest BCUT2D eigenvalue weighted by atomic mass is 10.1. The zero-order valence-electron chi connectivity index (χ0n) is 15.1. The summed E-state index contributed by atoms with van der Waals surface area (Å²) < 4.78 is 12.4. The summed E-state index contributed by atoms with van der Waals surface area (Å²) in [6.07, 6.45) is 1.89.